The van der Waals surface area contributed by atoms with Gasteiger partial charge in [0.05, 0.1) is 6.54 Å². The Hall–Kier alpha value is -2.18. The number of unbranched alkanes of at least 4 members (excludes halogenated alkanes) is 3. The van der Waals surface area contributed by atoms with Crippen LogP contribution in [0.4, 0.5) is 0 Å². The maximum absolute atomic E-state index is 13.6. The molecule has 1 spiro atoms. The Kier molecular flexibility index (Phi) is 9.01. The molecule has 2 amide bonds. The molecular weight excluding hydrogens is 454 g/mol. The number of hydrogen-bond donors (Lipinski definition) is 1. The van der Waals surface area contributed by atoms with Gasteiger partial charge in [0.1, 0.15) is 11.6 Å². The van der Waals surface area contributed by atoms with E-state index in [9.17, 15) is 9.59 Å². The van der Waals surface area contributed by atoms with Gasteiger partial charge in [-0.05, 0) is 68.0 Å². The summed E-state index contributed by atoms with van der Waals surface area (Å²) in [6, 6.07) is 14.4. The van der Waals surface area contributed by atoms with Gasteiger partial charge in [-0.1, -0.05) is 63.1 Å². The topological polar surface area (TPSA) is 52.7 Å². The van der Waals surface area contributed by atoms with E-state index in [2.05, 4.69) is 60.5 Å². The van der Waals surface area contributed by atoms with Crippen LogP contribution in [0.15, 0.2) is 47.8 Å². The van der Waals surface area contributed by atoms with Gasteiger partial charge in [-0.15, -0.1) is 11.3 Å². The van der Waals surface area contributed by atoms with Crippen molar-refractivity contribution in [2.45, 2.75) is 83.3 Å². The second-order valence-corrected chi connectivity index (χ2v) is 11.7. The fourth-order valence-corrected chi connectivity index (χ4v) is 6.29. The number of nitrogens with one attached hydrogen (secondary N) is 1. The molecule has 5 nitrogen and oxygen atoms in total. The summed E-state index contributed by atoms with van der Waals surface area (Å²) in [4.78, 5) is 32.6. The molecule has 1 N–H and O–H groups in total. The van der Waals surface area contributed by atoms with Crippen molar-refractivity contribution in [1.29, 1.82) is 0 Å². The van der Waals surface area contributed by atoms with Crippen LogP contribution in [0, 0.1) is 5.92 Å². The van der Waals surface area contributed by atoms with Crippen molar-refractivity contribution in [1.82, 2.24) is 15.1 Å². The van der Waals surface area contributed by atoms with Crippen LogP contribution in [0.3, 0.4) is 0 Å². The van der Waals surface area contributed by atoms with E-state index >= 15 is 0 Å². The number of nitrogens with zero attached hydrogens (tertiary/aromatic N) is 2. The number of benzene rings is 1. The summed E-state index contributed by atoms with van der Waals surface area (Å²) in [5.74, 6) is 0.509. The lowest BCUT2D eigenvalue weighted by Gasteiger charge is -2.51. The number of carbonyl (C=O) groups is 2. The quantitative estimate of drug-likeness (QED) is 0.433. The summed E-state index contributed by atoms with van der Waals surface area (Å²) in [6.45, 7) is 7.58. The van der Waals surface area contributed by atoms with E-state index in [0.29, 0.717) is 18.9 Å². The number of piperidine rings is 1. The summed E-state index contributed by atoms with van der Waals surface area (Å²) in [7, 11) is 0. The molecule has 0 aliphatic carbocycles. The largest absolute Gasteiger partial charge is 0.342 e. The zero-order chi connectivity index (χ0) is 24.7. The summed E-state index contributed by atoms with van der Waals surface area (Å²) in [5, 5.41) is 5.16. The van der Waals surface area contributed by atoms with Crippen LogP contribution in [-0.4, -0.2) is 52.8 Å². The Bertz CT molecular complexity index is 936. The smallest absolute Gasteiger partial charge is 0.246 e. The molecule has 0 unspecified atom stereocenters. The molecule has 4 rings (SSSR count). The molecule has 0 radical (unpaired) electrons. The molecule has 2 aliphatic rings. The lowest BCUT2D eigenvalue weighted by molar-refractivity contribution is -0.162. The SMILES string of the molecule is CC(C)C[C@@H]1NC(=O)C2(CCN(CCCCCCc3ccccc3)CC2)N(Cc2cccs2)C1=O. The second kappa shape index (κ2) is 12.2. The molecule has 2 aromatic rings. The number of piperazine rings is 1. The van der Waals surface area contributed by atoms with Gasteiger partial charge in [-0.2, -0.15) is 0 Å². The number of thiophene rings is 1. The van der Waals surface area contributed by atoms with Gasteiger partial charge in [0.2, 0.25) is 11.8 Å². The summed E-state index contributed by atoms with van der Waals surface area (Å²) >= 11 is 1.66. The van der Waals surface area contributed by atoms with E-state index in [1.807, 2.05) is 16.3 Å². The highest BCUT2D eigenvalue weighted by Crippen LogP contribution is 2.35. The van der Waals surface area contributed by atoms with E-state index in [1.165, 1.54) is 31.2 Å². The van der Waals surface area contributed by atoms with Crippen LogP contribution in [0.25, 0.3) is 0 Å². The van der Waals surface area contributed by atoms with E-state index in [4.69, 9.17) is 0 Å². The first kappa shape index (κ1) is 25.9. The van der Waals surface area contributed by atoms with Crippen LogP contribution in [0.1, 0.15) is 69.2 Å². The van der Waals surface area contributed by atoms with E-state index < -0.39 is 11.6 Å². The van der Waals surface area contributed by atoms with Gasteiger partial charge >= 0.3 is 0 Å². The summed E-state index contributed by atoms with van der Waals surface area (Å²) in [6.07, 6.45) is 8.24. The molecule has 1 aromatic carbocycles. The standard InChI is InChI=1S/C29H41N3O2S/c1-23(2)21-26-27(33)32(22-25-14-10-20-35-25)29(28(34)30-26)15-18-31(19-16-29)17-9-4-3-6-11-24-12-7-5-8-13-24/h5,7-8,10,12-14,20,23,26H,3-4,6,9,11,15-19,21-22H2,1-2H3,(H,30,34)/t26-/m0/s1. The average molecular weight is 496 g/mol. The minimum Gasteiger partial charge on any atom is -0.342 e. The van der Waals surface area contributed by atoms with Crippen molar-refractivity contribution in [3.05, 3.63) is 58.3 Å². The fraction of sp³-hybridized carbons (Fsp3) is 0.586. The third kappa shape index (κ3) is 6.53. The van der Waals surface area contributed by atoms with Crippen molar-refractivity contribution in [2.24, 2.45) is 5.92 Å². The normalized spacial score (nSPS) is 20.5. The number of hydrogen-bond acceptors (Lipinski definition) is 4. The minimum atomic E-state index is -0.708. The summed E-state index contributed by atoms with van der Waals surface area (Å²) < 4.78 is 0. The van der Waals surface area contributed by atoms with Crippen molar-refractivity contribution < 1.29 is 9.59 Å². The fourth-order valence-electron chi connectivity index (χ4n) is 5.60. The van der Waals surface area contributed by atoms with Crippen LogP contribution in [0.2, 0.25) is 0 Å². The third-order valence-corrected chi connectivity index (χ3v) is 8.49. The molecule has 2 aliphatic heterocycles. The van der Waals surface area contributed by atoms with Crippen molar-refractivity contribution in [3.63, 3.8) is 0 Å². The molecule has 35 heavy (non-hydrogen) atoms. The lowest BCUT2D eigenvalue weighted by Crippen LogP contribution is -2.72. The first-order chi connectivity index (χ1) is 17.0. The predicted molar refractivity (Wildman–Crippen MR) is 143 cm³/mol. The zero-order valence-corrected chi connectivity index (χ0v) is 22.2. The molecule has 2 fully saturated rings. The zero-order valence-electron chi connectivity index (χ0n) is 21.4. The molecule has 3 heterocycles. The number of amides is 2. The number of carbonyl (C=O) groups excluding carboxylic acids is 2. The molecule has 6 heteroatoms. The van der Waals surface area contributed by atoms with E-state index in [1.54, 1.807) is 11.3 Å². The van der Waals surface area contributed by atoms with Gasteiger partial charge in [0.15, 0.2) is 0 Å². The van der Waals surface area contributed by atoms with Crippen molar-refractivity contribution >= 4 is 23.2 Å². The molecule has 1 atom stereocenters. The number of likely N-dealkylation sites (tertiary alicyclic amines) is 1. The van der Waals surface area contributed by atoms with Crippen LogP contribution in [0.5, 0.6) is 0 Å². The maximum atomic E-state index is 13.6. The molecule has 0 bridgehead atoms. The highest BCUT2D eigenvalue weighted by atomic mass is 32.1. The predicted octanol–water partition coefficient (Wildman–Crippen LogP) is 5.26. The Morgan fingerprint density at radius 3 is 2.43 bits per heavy atom. The first-order valence-corrected chi connectivity index (χ1v) is 14.3. The van der Waals surface area contributed by atoms with Crippen LogP contribution in [-0.2, 0) is 22.6 Å². The Balaban J connectivity index is 1.29. The average Bonchev–Trinajstić information content (AvgIpc) is 3.37. The van der Waals surface area contributed by atoms with Gasteiger partial charge in [0, 0.05) is 18.0 Å². The number of aryl methyl sites for hydroxylation is 1. The van der Waals surface area contributed by atoms with Gasteiger partial charge < -0.3 is 15.1 Å². The first-order valence-electron chi connectivity index (χ1n) is 13.4. The molecular formula is C29H41N3O2S. The maximum Gasteiger partial charge on any atom is 0.246 e. The highest BCUT2D eigenvalue weighted by Gasteiger charge is 2.53. The van der Waals surface area contributed by atoms with Crippen molar-refractivity contribution in [2.75, 3.05) is 19.6 Å². The third-order valence-electron chi connectivity index (χ3n) is 7.63. The van der Waals surface area contributed by atoms with Crippen LogP contribution >= 0.6 is 11.3 Å². The van der Waals surface area contributed by atoms with E-state index in [-0.39, 0.29) is 11.8 Å². The second-order valence-electron chi connectivity index (χ2n) is 10.7. The molecule has 2 saturated heterocycles. The Morgan fingerprint density at radius 1 is 1.00 bits per heavy atom. The molecule has 190 valence electrons. The number of rotatable bonds is 11. The van der Waals surface area contributed by atoms with Gasteiger partial charge in [0.25, 0.3) is 0 Å². The summed E-state index contributed by atoms with van der Waals surface area (Å²) in [5.41, 5.74) is 0.720. The Morgan fingerprint density at radius 2 is 1.74 bits per heavy atom. The van der Waals surface area contributed by atoms with E-state index in [0.717, 1.165) is 43.8 Å². The lowest BCUT2D eigenvalue weighted by atomic mass is 9.81. The van der Waals surface area contributed by atoms with Gasteiger partial charge in [-0.25, -0.2) is 0 Å². The molecule has 0 saturated carbocycles. The highest BCUT2D eigenvalue weighted by molar-refractivity contribution is 7.09. The Labute approximate surface area is 214 Å². The minimum absolute atomic E-state index is 0.0554. The van der Waals surface area contributed by atoms with Crippen LogP contribution < -0.4 is 5.32 Å². The monoisotopic (exact) mass is 495 g/mol. The molecule has 1 aromatic heterocycles. The van der Waals surface area contributed by atoms with Gasteiger partial charge in [-0.3, -0.25) is 9.59 Å². The van der Waals surface area contributed by atoms with Crippen molar-refractivity contribution in [3.8, 4) is 0 Å².